The van der Waals surface area contributed by atoms with Gasteiger partial charge in [0, 0.05) is 13.0 Å². The predicted octanol–water partition coefficient (Wildman–Crippen LogP) is 4.39. The molecule has 0 radical (unpaired) electrons. The minimum Gasteiger partial charge on any atom is -0.489 e. The van der Waals surface area contributed by atoms with Crippen LogP contribution in [-0.2, 0) is 13.0 Å². The highest BCUT2D eigenvalue weighted by molar-refractivity contribution is 6.04. The van der Waals surface area contributed by atoms with E-state index in [1.165, 1.54) is 12.4 Å². The summed E-state index contributed by atoms with van der Waals surface area (Å²) in [5.41, 5.74) is 5.68. The number of nitrogens with zero attached hydrogens (tertiary/aromatic N) is 3. The normalized spacial score (nSPS) is 13.7. The van der Waals surface area contributed by atoms with Crippen molar-refractivity contribution in [3.8, 4) is 5.75 Å². The molecule has 178 valence electrons. The first-order chi connectivity index (χ1) is 16.9. The number of ether oxygens (including phenoxy) is 1. The number of carbonyl (C=O) groups is 1. The van der Waals surface area contributed by atoms with Gasteiger partial charge in [-0.05, 0) is 59.9 Å². The molecule has 0 bridgehead atoms. The van der Waals surface area contributed by atoms with Gasteiger partial charge in [0.15, 0.2) is 11.5 Å². The Kier molecular flexibility index (Phi) is 5.90. The highest BCUT2D eigenvalue weighted by atomic mass is 19.1. The van der Waals surface area contributed by atoms with Crippen LogP contribution < -0.4 is 15.4 Å². The van der Waals surface area contributed by atoms with Crippen LogP contribution in [0, 0.1) is 12.7 Å². The van der Waals surface area contributed by atoms with Gasteiger partial charge in [0.2, 0.25) is 0 Å². The van der Waals surface area contributed by atoms with Crippen molar-refractivity contribution < 1.29 is 13.9 Å². The molecule has 9 heteroatoms. The van der Waals surface area contributed by atoms with Crippen LogP contribution in [0.5, 0.6) is 5.75 Å². The summed E-state index contributed by atoms with van der Waals surface area (Å²) < 4.78 is 19.2. The molecule has 0 spiro atoms. The van der Waals surface area contributed by atoms with E-state index in [1.807, 2.05) is 19.1 Å². The number of aromatic nitrogens is 4. The number of hydrogen-bond donors (Lipinski definition) is 3. The minimum absolute atomic E-state index is 0.0732. The van der Waals surface area contributed by atoms with E-state index in [0.717, 1.165) is 34.4 Å². The van der Waals surface area contributed by atoms with Crippen LogP contribution in [0.4, 0.5) is 10.2 Å². The Morgan fingerprint density at radius 3 is 2.94 bits per heavy atom. The number of nitrogens with one attached hydrogen (secondary N) is 3. The molecule has 1 aliphatic heterocycles. The largest absolute Gasteiger partial charge is 0.489 e. The third-order valence-electron chi connectivity index (χ3n) is 6.05. The zero-order valence-electron chi connectivity index (χ0n) is 19.5. The number of aromatic amines is 1. The Morgan fingerprint density at radius 2 is 2.11 bits per heavy atom. The molecule has 0 saturated carbocycles. The van der Waals surface area contributed by atoms with Crippen molar-refractivity contribution in [1.29, 1.82) is 0 Å². The summed E-state index contributed by atoms with van der Waals surface area (Å²) >= 11 is 0. The van der Waals surface area contributed by atoms with Gasteiger partial charge in [0.1, 0.15) is 35.5 Å². The SMILES string of the molecule is C=C1COc2ccc(C(C)Nc3n[nH]c4c(C(=O)NCc5ccc(F)c(C)c5)ncnc34)cc2C1. The number of rotatable bonds is 6. The summed E-state index contributed by atoms with van der Waals surface area (Å²) in [4.78, 5) is 21.3. The van der Waals surface area contributed by atoms with Crippen LogP contribution in [0.1, 0.15) is 45.7 Å². The third kappa shape index (κ3) is 4.57. The molecule has 0 saturated heterocycles. The van der Waals surface area contributed by atoms with Crippen LogP contribution in [0.25, 0.3) is 11.0 Å². The number of anilines is 1. The fraction of sp³-hybridized carbons (Fsp3) is 0.231. The van der Waals surface area contributed by atoms with E-state index in [1.54, 1.807) is 19.1 Å². The van der Waals surface area contributed by atoms with E-state index in [-0.39, 0.29) is 30.0 Å². The lowest BCUT2D eigenvalue weighted by Gasteiger charge is -2.21. The van der Waals surface area contributed by atoms with Gasteiger partial charge < -0.3 is 15.4 Å². The summed E-state index contributed by atoms with van der Waals surface area (Å²) in [6.07, 6.45) is 2.14. The smallest absolute Gasteiger partial charge is 0.272 e. The molecule has 1 amide bonds. The lowest BCUT2D eigenvalue weighted by atomic mass is 9.98. The highest BCUT2D eigenvalue weighted by Gasteiger charge is 2.20. The monoisotopic (exact) mass is 472 g/mol. The van der Waals surface area contributed by atoms with Gasteiger partial charge in [0.05, 0.1) is 6.04 Å². The van der Waals surface area contributed by atoms with E-state index in [4.69, 9.17) is 4.74 Å². The number of H-pyrrole nitrogens is 1. The van der Waals surface area contributed by atoms with E-state index < -0.39 is 0 Å². The average molecular weight is 473 g/mol. The van der Waals surface area contributed by atoms with E-state index in [0.29, 0.717) is 29.0 Å². The first-order valence-electron chi connectivity index (χ1n) is 11.3. The van der Waals surface area contributed by atoms with Crippen molar-refractivity contribution in [1.82, 2.24) is 25.5 Å². The second-order valence-electron chi connectivity index (χ2n) is 8.73. The predicted molar refractivity (Wildman–Crippen MR) is 131 cm³/mol. The lowest BCUT2D eigenvalue weighted by molar-refractivity contribution is 0.0947. The molecule has 2 aromatic carbocycles. The summed E-state index contributed by atoms with van der Waals surface area (Å²) in [5.74, 6) is 0.755. The maximum atomic E-state index is 13.5. The summed E-state index contributed by atoms with van der Waals surface area (Å²) in [5, 5.41) is 13.4. The van der Waals surface area contributed by atoms with E-state index in [9.17, 15) is 9.18 Å². The second kappa shape index (κ2) is 9.17. The molecule has 3 heterocycles. The topological polar surface area (TPSA) is 105 Å². The molecule has 1 unspecified atom stereocenters. The average Bonchev–Trinajstić information content (AvgIpc) is 3.26. The van der Waals surface area contributed by atoms with Crippen molar-refractivity contribution >= 4 is 22.8 Å². The molecule has 2 aromatic heterocycles. The fourth-order valence-corrected chi connectivity index (χ4v) is 4.13. The van der Waals surface area contributed by atoms with Gasteiger partial charge in [0.25, 0.3) is 5.91 Å². The summed E-state index contributed by atoms with van der Waals surface area (Å²) in [6.45, 7) is 8.54. The number of fused-ring (bicyclic) bond motifs is 2. The molecule has 3 N–H and O–H groups in total. The number of hydrogen-bond acceptors (Lipinski definition) is 6. The number of benzene rings is 2. The van der Waals surface area contributed by atoms with Crippen LogP contribution >= 0.6 is 0 Å². The fourth-order valence-electron chi connectivity index (χ4n) is 4.13. The Bertz CT molecular complexity index is 1450. The van der Waals surface area contributed by atoms with Crippen molar-refractivity contribution in [3.05, 3.63) is 88.6 Å². The van der Waals surface area contributed by atoms with Crippen molar-refractivity contribution in [2.24, 2.45) is 0 Å². The Labute approximate surface area is 201 Å². The molecule has 5 rings (SSSR count). The standard InChI is InChI=1S/C26H25FN6O2/c1-14-8-19-10-18(5-7-21(19)35-12-14)16(3)31-25-23-22(32-33-25)24(30-13-29-23)26(34)28-11-17-4-6-20(27)15(2)9-17/h4-7,9-10,13,16H,1,8,11-12H2,2-3H3,(H,28,34)(H2,31,32,33). The Hall–Kier alpha value is -4.27. The molecule has 1 atom stereocenters. The van der Waals surface area contributed by atoms with Crippen LogP contribution in [0.15, 0.2) is 54.9 Å². The molecular weight excluding hydrogens is 447 g/mol. The molecular formula is C26H25FN6O2. The zero-order valence-corrected chi connectivity index (χ0v) is 19.5. The third-order valence-corrected chi connectivity index (χ3v) is 6.05. The second-order valence-corrected chi connectivity index (χ2v) is 8.73. The van der Waals surface area contributed by atoms with Crippen LogP contribution in [-0.4, -0.2) is 32.7 Å². The molecule has 35 heavy (non-hydrogen) atoms. The van der Waals surface area contributed by atoms with Gasteiger partial charge in [-0.3, -0.25) is 9.89 Å². The van der Waals surface area contributed by atoms with Gasteiger partial charge in [-0.1, -0.05) is 24.8 Å². The lowest BCUT2D eigenvalue weighted by Crippen LogP contribution is -2.24. The summed E-state index contributed by atoms with van der Waals surface area (Å²) in [7, 11) is 0. The first kappa shape index (κ1) is 22.5. The number of halogens is 1. The van der Waals surface area contributed by atoms with Crippen LogP contribution in [0.2, 0.25) is 0 Å². The maximum absolute atomic E-state index is 13.5. The molecule has 0 aliphatic carbocycles. The molecule has 0 fully saturated rings. The quantitative estimate of drug-likeness (QED) is 0.360. The van der Waals surface area contributed by atoms with Crippen LogP contribution in [0.3, 0.4) is 0 Å². The van der Waals surface area contributed by atoms with Crippen molar-refractivity contribution in [2.45, 2.75) is 32.9 Å². The Balaban J connectivity index is 1.33. The molecule has 4 aromatic rings. The zero-order chi connectivity index (χ0) is 24.5. The van der Waals surface area contributed by atoms with Gasteiger partial charge in [-0.15, -0.1) is 0 Å². The highest BCUT2D eigenvalue weighted by Crippen LogP contribution is 2.31. The van der Waals surface area contributed by atoms with E-state index in [2.05, 4.69) is 43.4 Å². The first-order valence-corrected chi connectivity index (χ1v) is 11.3. The van der Waals surface area contributed by atoms with Gasteiger partial charge in [-0.25, -0.2) is 14.4 Å². The maximum Gasteiger partial charge on any atom is 0.272 e. The summed E-state index contributed by atoms with van der Waals surface area (Å²) in [6, 6.07) is 10.8. The molecule has 1 aliphatic rings. The van der Waals surface area contributed by atoms with E-state index >= 15 is 0 Å². The number of carbonyl (C=O) groups excluding carboxylic acids is 1. The van der Waals surface area contributed by atoms with Gasteiger partial charge >= 0.3 is 0 Å². The molecule has 8 nitrogen and oxygen atoms in total. The minimum atomic E-state index is -0.377. The van der Waals surface area contributed by atoms with Crippen molar-refractivity contribution in [3.63, 3.8) is 0 Å². The van der Waals surface area contributed by atoms with Crippen molar-refractivity contribution in [2.75, 3.05) is 11.9 Å². The number of amides is 1. The number of aryl methyl sites for hydroxylation is 1. The van der Waals surface area contributed by atoms with Gasteiger partial charge in [-0.2, -0.15) is 5.10 Å². The Morgan fingerprint density at radius 1 is 1.26 bits per heavy atom.